The van der Waals surface area contributed by atoms with Crippen LogP contribution in [-0.2, 0) is 35.3 Å². The molecule has 3 aliphatic rings. The number of fused-ring (bicyclic) bond motifs is 3. The molecule has 1 saturated heterocycles. The Morgan fingerprint density at radius 2 is 1.69 bits per heavy atom. The number of carbonyl (C=O) groups excluding carboxylic acids is 4. The van der Waals surface area contributed by atoms with Gasteiger partial charge in [-0.15, -0.1) is 0 Å². The highest BCUT2D eigenvalue weighted by Crippen LogP contribution is 2.52. The second kappa shape index (κ2) is 13.9. The third-order valence-corrected chi connectivity index (χ3v) is 11.4. The van der Waals surface area contributed by atoms with Crippen molar-refractivity contribution in [1.82, 2.24) is 5.32 Å². The first-order valence-electron chi connectivity index (χ1n) is 16.4. The Balaban J connectivity index is 1.26. The molecule has 1 amide bonds. The molecule has 0 spiro atoms. The first-order chi connectivity index (χ1) is 24.6. The summed E-state index contributed by atoms with van der Waals surface area (Å²) < 4.78 is 47.5. The van der Waals surface area contributed by atoms with Gasteiger partial charge in [-0.2, -0.15) is 0 Å². The van der Waals surface area contributed by atoms with Crippen molar-refractivity contribution in [2.45, 2.75) is 74.3 Å². The summed E-state index contributed by atoms with van der Waals surface area (Å²) in [6.45, 7) is 2.13. The number of rotatable bonds is 9. The number of ether oxygens (including phenoxy) is 4. The molecule has 1 heterocycles. The van der Waals surface area contributed by atoms with Gasteiger partial charge in [0.15, 0.2) is 27.7 Å². The summed E-state index contributed by atoms with van der Waals surface area (Å²) in [6.07, 6.45) is -7.18. The fourth-order valence-electron chi connectivity index (χ4n) is 6.95. The van der Waals surface area contributed by atoms with Crippen LogP contribution < -0.4 is 10.1 Å². The van der Waals surface area contributed by atoms with Crippen molar-refractivity contribution in [3.05, 3.63) is 81.9 Å². The fourth-order valence-corrected chi connectivity index (χ4v) is 8.06. The first-order valence-corrected chi connectivity index (χ1v) is 18.0. The van der Waals surface area contributed by atoms with E-state index in [1.807, 2.05) is 0 Å². The van der Waals surface area contributed by atoms with Crippen molar-refractivity contribution < 1.29 is 67.0 Å². The first kappa shape index (κ1) is 36.9. The maximum atomic E-state index is 13.9. The zero-order chi connectivity index (χ0) is 37.7. The number of Topliss-reactive ketones (excluding diaryl/α,β-unsaturated/α-hetero) is 1. The van der Waals surface area contributed by atoms with Gasteiger partial charge in [-0.3, -0.25) is 14.4 Å². The van der Waals surface area contributed by atoms with E-state index >= 15 is 0 Å². The molecule has 276 valence electrons. The van der Waals surface area contributed by atoms with Gasteiger partial charge in [-0.1, -0.05) is 30.3 Å². The Bertz CT molecular complexity index is 2070. The number of hydrogen-bond donors (Lipinski definition) is 5. The number of aliphatic hydroxyl groups excluding tert-OH is 1. The molecular weight excluding hydrogens is 702 g/mol. The highest BCUT2D eigenvalue weighted by Gasteiger charge is 2.49. The van der Waals surface area contributed by atoms with Gasteiger partial charge in [0, 0.05) is 36.0 Å². The molecule has 3 aromatic rings. The van der Waals surface area contributed by atoms with E-state index in [4.69, 9.17) is 18.9 Å². The molecule has 0 aromatic heterocycles. The second-order valence-electron chi connectivity index (χ2n) is 13.0. The number of benzene rings is 3. The lowest BCUT2D eigenvalue weighted by atomic mass is 9.72. The van der Waals surface area contributed by atoms with Crippen molar-refractivity contribution in [1.29, 1.82) is 0 Å². The molecule has 5 N–H and O–H groups in total. The lowest BCUT2D eigenvalue weighted by molar-refractivity contribution is -0.249. The number of ketones is 3. The number of nitrogens with one attached hydrogen (secondary N) is 1. The summed E-state index contributed by atoms with van der Waals surface area (Å²) in [6, 6.07) is 10.9. The normalized spacial score (nSPS) is 25.4. The highest BCUT2D eigenvalue weighted by molar-refractivity contribution is 7.91. The lowest BCUT2D eigenvalue weighted by Crippen LogP contribution is -2.56. The molecule has 3 aromatic carbocycles. The molecule has 1 fully saturated rings. The molecule has 0 saturated carbocycles. The van der Waals surface area contributed by atoms with Gasteiger partial charge in [0.05, 0.1) is 52.7 Å². The summed E-state index contributed by atoms with van der Waals surface area (Å²) in [5.41, 5.74) is -3.70. The van der Waals surface area contributed by atoms with Crippen LogP contribution >= 0.6 is 0 Å². The quantitative estimate of drug-likeness (QED) is 0.155. The van der Waals surface area contributed by atoms with Crippen LogP contribution in [0.3, 0.4) is 0 Å². The van der Waals surface area contributed by atoms with Crippen LogP contribution in [0.15, 0.2) is 53.4 Å². The molecule has 4 unspecified atom stereocenters. The van der Waals surface area contributed by atoms with Crippen LogP contribution in [0.5, 0.6) is 17.2 Å². The average molecular weight is 740 g/mol. The number of aromatic hydroxyl groups is 2. The number of phenols is 2. The van der Waals surface area contributed by atoms with Crippen molar-refractivity contribution in [2.24, 2.45) is 0 Å². The number of carbonyl (C=O) groups is 4. The van der Waals surface area contributed by atoms with E-state index in [9.17, 15) is 48.0 Å². The van der Waals surface area contributed by atoms with Crippen molar-refractivity contribution in [2.75, 3.05) is 19.5 Å². The molecule has 0 bridgehead atoms. The van der Waals surface area contributed by atoms with Gasteiger partial charge < -0.3 is 44.7 Å². The van der Waals surface area contributed by atoms with Crippen molar-refractivity contribution in [3.63, 3.8) is 0 Å². The maximum absolute atomic E-state index is 13.9. The Hall–Kier alpha value is -4.87. The van der Waals surface area contributed by atoms with E-state index in [1.54, 1.807) is 18.2 Å². The van der Waals surface area contributed by atoms with Crippen LogP contribution in [0.25, 0.3) is 0 Å². The Labute approximate surface area is 298 Å². The SMILES string of the molecule is COc1cccc2c1C(=O)c1c(O)c3c(c(O)c1C2=O)C[C@@](O)(C(C)=O)C[C@@H]3OC1CC(NC(=O)OCCS(=O)(=O)c2ccccc2)C(O)C(C)O1. The predicted molar refractivity (Wildman–Crippen MR) is 179 cm³/mol. The summed E-state index contributed by atoms with van der Waals surface area (Å²) in [7, 11) is -2.43. The van der Waals surface area contributed by atoms with E-state index in [0.717, 1.165) is 6.92 Å². The third-order valence-electron chi connectivity index (χ3n) is 9.74. The topological polar surface area (TPSA) is 232 Å². The van der Waals surface area contributed by atoms with Crippen LogP contribution in [0.2, 0.25) is 0 Å². The van der Waals surface area contributed by atoms with Crippen LogP contribution in [0.1, 0.15) is 75.8 Å². The summed E-state index contributed by atoms with van der Waals surface area (Å²) in [4.78, 5) is 53.1. The van der Waals surface area contributed by atoms with E-state index in [-0.39, 0.29) is 39.3 Å². The number of sulfone groups is 1. The zero-order valence-corrected chi connectivity index (χ0v) is 29.1. The molecule has 6 rings (SSSR count). The number of methoxy groups -OCH3 is 1. The zero-order valence-electron chi connectivity index (χ0n) is 28.3. The monoisotopic (exact) mass is 739 g/mol. The van der Waals surface area contributed by atoms with E-state index in [1.165, 1.54) is 44.4 Å². The molecule has 16 heteroatoms. The van der Waals surface area contributed by atoms with Gasteiger partial charge in [-0.25, -0.2) is 13.2 Å². The van der Waals surface area contributed by atoms with Gasteiger partial charge in [0.1, 0.15) is 35.6 Å². The van der Waals surface area contributed by atoms with Crippen molar-refractivity contribution >= 4 is 33.3 Å². The Kier molecular flexibility index (Phi) is 9.89. The smallest absolute Gasteiger partial charge is 0.407 e. The van der Waals surface area contributed by atoms with Gasteiger partial charge in [-0.05, 0) is 32.0 Å². The minimum atomic E-state index is -3.73. The van der Waals surface area contributed by atoms with E-state index in [0.29, 0.717) is 0 Å². The number of hydrogen-bond acceptors (Lipinski definition) is 14. The predicted octanol–water partition coefficient (Wildman–Crippen LogP) is 2.27. The molecule has 6 atom stereocenters. The number of phenolic OH excluding ortho intramolecular Hbond substituents is 2. The number of amides is 1. The number of alkyl carbamates (subject to hydrolysis) is 1. The average Bonchev–Trinajstić information content (AvgIpc) is 3.10. The van der Waals surface area contributed by atoms with Gasteiger partial charge in [0.2, 0.25) is 5.78 Å². The van der Waals surface area contributed by atoms with Gasteiger partial charge in [0.25, 0.3) is 0 Å². The minimum absolute atomic E-state index is 0.0639. The van der Waals surface area contributed by atoms with Crippen molar-refractivity contribution in [3.8, 4) is 17.2 Å². The third kappa shape index (κ3) is 6.52. The largest absolute Gasteiger partial charge is 0.507 e. The standard InChI is InChI=1S/C36H37NO14S/c1-17-30(39)22(37-35(44)49-12-13-52(46,47)19-8-5-4-6-9-19)14-25(50-17)51-24-16-36(45,18(2)38)15-21-27(24)34(43)29-28(32(21)41)31(40)20-10-7-11-23(48-3)26(20)33(29)42/h4-11,17,22,24-25,30,39,41,43,45H,12-16H2,1-3H3,(H,37,44)/t17?,22?,24-,25?,30?,36-/m0/s1. The summed E-state index contributed by atoms with van der Waals surface area (Å²) in [5, 5.41) is 48.0. The second-order valence-corrected chi connectivity index (χ2v) is 15.1. The minimum Gasteiger partial charge on any atom is -0.507 e. The number of aliphatic hydroxyl groups is 2. The Morgan fingerprint density at radius 3 is 2.37 bits per heavy atom. The molecule has 2 aliphatic carbocycles. The lowest BCUT2D eigenvalue weighted by Gasteiger charge is -2.42. The molecule has 1 aliphatic heterocycles. The summed E-state index contributed by atoms with van der Waals surface area (Å²) in [5.74, 6) is -4.15. The van der Waals surface area contributed by atoms with E-state index < -0.39 is 117 Å². The maximum Gasteiger partial charge on any atom is 0.407 e. The van der Waals surface area contributed by atoms with Crippen LogP contribution in [-0.4, -0.2) is 102 Å². The van der Waals surface area contributed by atoms with Crippen LogP contribution in [0, 0.1) is 0 Å². The van der Waals surface area contributed by atoms with Gasteiger partial charge >= 0.3 is 6.09 Å². The molecule has 15 nitrogen and oxygen atoms in total. The molecule has 52 heavy (non-hydrogen) atoms. The fraction of sp³-hybridized carbons (Fsp3) is 0.389. The van der Waals surface area contributed by atoms with E-state index in [2.05, 4.69) is 5.32 Å². The van der Waals surface area contributed by atoms with Crippen LogP contribution in [0.4, 0.5) is 4.79 Å². The highest BCUT2D eigenvalue weighted by atomic mass is 32.2. The summed E-state index contributed by atoms with van der Waals surface area (Å²) >= 11 is 0. The Morgan fingerprint density at radius 1 is 1.00 bits per heavy atom. The molecular formula is C36H37NO14S. The molecule has 0 radical (unpaired) electrons.